The van der Waals surface area contributed by atoms with Crippen LogP contribution in [-0.2, 0) is 28.6 Å². The topological polar surface area (TPSA) is 78.9 Å². The second kappa shape index (κ2) is 43.0. The number of hydrogen-bond acceptors (Lipinski definition) is 6. The number of unbranched alkanes of at least 4 members (excludes halogenated alkanes) is 28. The van der Waals surface area contributed by atoms with Crippen LogP contribution in [0.5, 0.6) is 0 Å². The lowest BCUT2D eigenvalue weighted by Crippen LogP contribution is -2.30. The van der Waals surface area contributed by atoms with Gasteiger partial charge in [0.1, 0.15) is 13.2 Å². The molecule has 0 amide bonds. The van der Waals surface area contributed by atoms with Gasteiger partial charge in [0.15, 0.2) is 6.10 Å². The van der Waals surface area contributed by atoms with Gasteiger partial charge in [0.25, 0.3) is 0 Å². The number of rotatable bonds is 44. The Morgan fingerprint density at radius 3 is 1.02 bits per heavy atom. The van der Waals surface area contributed by atoms with Crippen LogP contribution in [0.25, 0.3) is 0 Å². The Morgan fingerprint density at radius 1 is 0.375 bits per heavy atom. The maximum Gasteiger partial charge on any atom is 0.306 e. The average Bonchev–Trinajstić information content (AvgIpc) is 3.18. The first kappa shape index (κ1) is 54.4. The third kappa shape index (κ3) is 42.0. The molecule has 0 aliphatic heterocycles. The lowest BCUT2D eigenvalue weighted by Gasteiger charge is -2.18. The van der Waals surface area contributed by atoms with Gasteiger partial charge >= 0.3 is 17.9 Å². The van der Waals surface area contributed by atoms with E-state index in [-0.39, 0.29) is 31.1 Å². The first-order valence-corrected chi connectivity index (χ1v) is 24.8. The van der Waals surface area contributed by atoms with Crippen LogP contribution in [0.2, 0.25) is 0 Å². The first-order valence-electron chi connectivity index (χ1n) is 24.8. The Balaban J connectivity index is 4.26. The van der Waals surface area contributed by atoms with Crippen molar-refractivity contribution in [1.82, 2.24) is 0 Å². The zero-order chi connectivity index (χ0) is 41.2. The molecule has 1 unspecified atom stereocenters. The van der Waals surface area contributed by atoms with Crippen molar-refractivity contribution in [2.24, 2.45) is 11.8 Å². The highest BCUT2D eigenvalue weighted by Crippen LogP contribution is 2.17. The summed E-state index contributed by atoms with van der Waals surface area (Å²) in [6, 6.07) is 0. The van der Waals surface area contributed by atoms with Crippen molar-refractivity contribution in [2.75, 3.05) is 13.2 Å². The van der Waals surface area contributed by atoms with Gasteiger partial charge in [-0.25, -0.2) is 0 Å². The maximum absolute atomic E-state index is 12.7. The quantitative estimate of drug-likeness (QED) is 0.0347. The predicted molar refractivity (Wildman–Crippen MR) is 238 cm³/mol. The third-order valence-electron chi connectivity index (χ3n) is 11.6. The van der Waals surface area contributed by atoms with Crippen LogP contribution in [0.1, 0.15) is 272 Å². The Hall–Kier alpha value is -1.59. The minimum absolute atomic E-state index is 0.0644. The summed E-state index contributed by atoms with van der Waals surface area (Å²) in [5, 5.41) is 0. The molecule has 332 valence electrons. The fourth-order valence-electron chi connectivity index (χ4n) is 7.43. The van der Waals surface area contributed by atoms with Crippen molar-refractivity contribution >= 4 is 17.9 Å². The van der Waals surface area contributed by atoms with E-state index in [1.54, 1.807) is 0 Å². The van der Waals surface area contributed by atoms with E-state index in [0.29, 0.717) is 19.3 Å². The lowest BCUT2D eigenvalue weighted by molar-refractivity contribution is -0.167. The highest BCUT2D eigenvalue weighted by atomic mass is 16.6. The zero-order valence-electron chi connectivity index (χ0n) is 38.3. The second-order valence-corrected chi connectivity index (χ2v) is 17.8. The number of ether oxygens (including phenoxy) is 3. The Morgan fingerprint density at radius 2 is 0.679 bits per heavy atom. The molecule has 0 rings (SSSR count). The Bertz CT molecular complexity index is 856. The molecule has 0 bridgehead atoms. The molecule has 6 nitrogen and oxygen atoms in total. The van der Waals surface area contributed by atoms with Crippen molar-refractivity contribution in [3.05, 3.63) is 0 Å². The highest BCUT2D eigenvalue weighted by molar-refractivity contribution is 5.71. The van der Waals surface area contributed by atoms with Crippen LogP contribution in [-0.4, -0.2) is 37.2 Å². The number of carbonyl (C=O) groups is 3. The summed E-state index contributed by atoms with van der Waals surface area (Å²) in [5.74, 6) is 0.834. The van der Waals surface area contributed by atoms with E-state index in [2.05, 4.69) is 34.6 Å². The van der Waals surface area contributed by atoms with Gasteiger partial charge in [-0.3, -0.25) is 14.4 Å². The summed E-state index contributed by atoms with van der Waals surface area (Å²) in [5.41, 5.74) is 0. The summed E-state index contributed by atoms with van der Waals surface area (Å²) in [6.07, 6.45) is 42.3. The van der Waals surface area contributed by atoms with E-state index in [1.807, 2.05) is 0 Å². The SMILES string of the molecule is CCCCCCCCCCCC(=O)OC[C@@H](COC(=O)CCCCCCCCCCCCCCCCC(C)C)OC(=O)CCCCCCCCCCC(C)CC. The summed E-state index contributed by atoms with van der Waals surface area (Å²) in [6.45, 7) is 11.4. The molecule has 0 fully saturated rings. The molecule has 0 radical (unpaired) electrons. The van der Waals surface area contributed by atoms with Crippen LogP contribution >= 0.6 is 0 Å². The normalized spacial score (nSPS) is 12.5. The van der Waals surface area contributed by atoms with Gasteiger partial charge in [-0.2, -0.15) is 0 Å². The first-order chi connectivity index (χ1) is 27.3. The molecular formula is C50H96O6. The van der Waals surface area contributed by atoms with Gasteiger partial charge in [0.2, 0.25) is 0 Å². The van der Waals surface area contributed by atoms with Crippen LogP contribution in [0.15, 0.2) is 0 Å². The summed E-state index contributed by atoms with van der Waals surface area (Å²) in [4.78, 5) is 37.8. The molecule has 0 N–H and O–H groups in total. The van der Waals surface area contributed by atoms with Gasteiger partial charge in [-0.05, 0) is 31.1 Å². The van der Waals surface area contributed by atoms with Gasteiger partial charge in [0.05, 0.1) is 0 Å². The van der Waals surface area contributed by atoms with Crippen molar-refractivity contribution in [3.63, 3.8) is 0 Å². The van der Waals surface area contributed by atoms with Crippen molar-refractivity contribution in [3.8, 4) is 0 Å². The van der Waals surface area contributed by atoms with Crippen molar-refractivity contribution in [2.45, 2.75) is 278 Å². The third-order valence-corrected chi connectivity index (χ3v) is 11.6. The van der Waals surface area contributed by atoms with Gasteiger partial charge in [-0.15, -0.1) is 0 Å². The van der Waals surface area contributed by atoms with Crippen LogP contribution in [0.4, 0.5) is 0 Å². The van der Waals surface area contributed by atoms with E-state index < -0.39 is 6.10 Å². The summed E-state index contributed by atoms with van der Waals surface area (Å²) in [7, 11) is 0. The van der Waals surface area contributed by atoms with Crippen molar-refractivity contribution < 1.29 is 28.6 Å². The molecule has 0 aromatic rings. The zero-order valence-corrected chi connectivity index (χ0v) is 38.3. The van der Waals surface area contributed by atoms with E-state index in [9.17, 15) is 14.4 Å². The minimum atomic E-state index is -0.760. The molecule has 0 spiro atoms. The fraction of sp³-hybridized carbons (Fsp3) is 0.940. The van der Waals surface area contributed by atoms with Crippen LogP contribution < -0.4 is 0 Å². The van der Waals surface area contributed by atoms with Crippen molar-refractivity contribution in [1.29, 1.82) is 0 Å². The van der Waals surface area contributed by atoms with E-state index in [1.165, 1.54) is 161 Å². The smallest absolute Gasteiger partial charge is 0.306 e. The maximum atomic E-state index is 12.7. The fourth-order valence-corrected chi connectivity index (χ4v) is 7.43. The Kier molecular flexibility index (Phi) is 41.8. The molecule has 0 aliphatic carbocycles. The van der Waals surface area contributed by atoms with E-state index >= 15 is 0 Å². The lowest BCUT2D eigenvalue weighted by atomic mass is 9.99. The molecule has 0 aromatic carbocycles. The molecule has 0 aliphatic rings. The molecule has 0 saturated heterocycles. The number of esters is 3. The van der Waals surface area contributed by atoms with Gasteiger partial charge < -0.3 is 14.2 Å². The summed E-state index contributed by atoms with van der Waals surface area (Å²) >= 11 is 0. The molecule has 0 aromatic heterocycles. The molecular weight excluding hydrogens is 697 g/mol. The molecule has 6 heteroatoms. The Labute approximate surface area is 348 Å². The monoisotopic (exact) mass is 793 g/mol. The van der Waals surface area contributed by atoms with Crippen LogP contribution in [0.3, 0.4) is 0 Å². The van der Waals surface area contributed by atoms with E-state index in [0.717, 1.165) is 69.6 Å². The molecule has 56 heavy (non-hydrogen) atoms. The predicted octanol–water partition coefficient (Wildman–Crippen LogP) is 15.8. The average molecular weight is 793 g/mol. The van der Waals surface area contributed by atoms with Gasteiger partial charge in [0, 0.05) is 19.3 Å². The second-order valence-electron chi connectivity index (χ2n) is 17.8. The number of carbonyl (C=O) groups excluding carboxylic acids is 3. The number of hydrogen-bond donors (Lipinski definition) is 0. The molecule has 2 atom stereocenters. The summed E-state index contributed by atoms with van der Waals surface area (Å²) < 4.78 is 16.7. The van der Waals surface area contributed by atoms with Crippen LogP contribution in [0, 0.1) is 11.8 Å². The van der Waals surface area contributed by atoms with Gasteiger partial charge in [-0.1, -0.05) is 234 Å². The standard InChI is InChI=1S/C50H96O6/c1-6-8-9-10-11-18-25-30-35-40-48(51)54-43-47(56-50(53)42-37-32-27-22-21-24-29-34-39-46(5)7-2)44-55-49(52)41-36-31-26-20-17-15-13-12-14-16-19-23-28-33-38-45(3)4/h45-47H,6-44H2,1-5H3/t46?,47-/m0/s1. The largest absolute Gasteiger partial charge is 0.462 e. The minimum Gasteiger partial charge on any atom is -0.462 e. The highest BCUT2D eigenvalue weighted by Gasteiger charge is 2.19. The molecule has 0 heterocycles. The van der Waals surface area contributed by atoms with E-state index in [4.69, 9.17) is 14.2 Å². The molecule has 0 saturated carbocycles.